The molecule has 2 aromatic heterocycles. The van der Waals surface area contributed by atoms with Gasteiger partial charge in [0.15, 0.2) is 0 Å². The lowest BCUT2D eigenvalue weighted by molar-refractivity contribution is -0.137. The van der Waals surface area contributed by atoms with Crippen LogP contribution in [0.2, 0.25) is 0 Å². The third-order valence-electron chi connectivity index (χ3n) is 12.0. The van der Waals surface area contributed by atoms with Gasteiger partial charge in [-0.3, -0.25) is 9.59 Å². The van der Waals surface area contributed by atoms with E-state index >= 15 is 0 Å². The van der Waals surface area contributed by atoms with Crippen LogP contribution in [0.3, 0.4) is 0 Å². The van der Waals surface area contributed by atoms with E-state index in [0.29, 0.717) is 13.0 Å². The molecule has 5 aromatic rings. The first-order valence-corrected chi connectivity index (χ1v) is 19.7. The summed E-state index contributed by atoms with van der Waals surface area (Å²) in [6.07, 6.45) is 4.83. The van der Waals surface area contributed by atoms with Gasteiger partial charge in [-0.1, -0.05) is 32.0 Å². The average Bonchev–Trinajstić information content (AvgIpc) is 4.01. The van der Waals surface area contributed by atoms with Crippen molar-refractivity contribution in [2.24, 2.45) is 5.92 Å². The van der Waals surface area contributed by atoms with E-state index in [4.69, 9.17) is 24.2 Å². The Kier molecular flexibility index (Phi) is 9.98. The second-order valence-electron chi connectivity index (χ2n) is 16.0. The van der Waals surface area contributed by atoms with E-state index in [1.54, 1.807) is 7.11 Å². The molecule has 3 aliphatic heterocycles. The van der Waals surface area contributed by atoms with Crippen LogP contribution in [0.25, 0.3) is 44.2 Å². The molecule has 6 atom stereocenters. The van der Waals surface area contributed by atoms with E-state index in [1.165, 1.54) is 7.11 Å². The van der Waals surface area contributed by atoms with Gasteiger partial charge in [-0.25, -0.2) is 14.8 Å². The monoisotopic (exact) mass is 761 g/mol. The van der Waals surface area contributed by atoms with Crippen LogP contribution in [0.4, 0.5) is 4.79 Å². The predicted molar refractivity (Wildman–Crippen MR) is 213 cm³/mol. The van der Waals surface area contributed by atoms with Crippen molar-refractivity contribution < 1.29 is 28.6 Å². The van der Waals surface area contributed by atoms with Gasteiger partial charge in [0.1, 0.15) is 30.0 Å². The van der Waals surface area contributed by atoms with E-state index in [1.807, 2.05) is 49.8 Å². The lowest BCUT2D eigenvalue weighted by Crippen LogP contribution is -2.52. The van der Waals surface area contributed by atoms with Crippen LogP contribution < -0.4 is 10.1 Å². The summed E-state index contributed by atoms with van der Waals surface area (Å²) in [5, 5.41) is 4.74. The van der Waals surface area contributed by atoms with Crippen molar-refractivity contribution in [3.8, 4) is 28.1 Å². The largest absolute Gasteiger partial charge is 0.488 e. The molecule has 2 saturated heterocycles. The van der Waals surface area contributed by atoms with Crippen molar-refractivity contribution >= 4 is 39.7 Å². The summed E-state index contributed by atoms with van der Waals surface area (Å²) in [7, 11) is 2.93. The number of ether oxygens (including phenoxy) is 3. The number of methoxy groups -OCH3 is 2. The molecule has 5 heterocycles. The van der Waals surface area contributed by atoms with Gasteiger partial charge in [0.2, 0.25) is 11.8 Å². The van der Waals surface area contributed by atoms with Crippen molar-refractivity contribution in [3.05, 3.63) is 65.9 Å². The van der Waals surface area contributed by atoms with Crippen LogP contribution in [-0.4, -0.2) is 86.1 Å². The molecule has 0 bridgehead atoms. The zero-order valence-corrected chi connectivity index (χ0v) is 33.1. The molecule has 56 heavy (non-hydrogen) atoms. The third kappa shape index (κ3) is 6.65. The van der Waals surface area contributed by atoms with Gasteiger partial charge in [-0.15, -0.1) is 0 Å². The van der Waals surface area contributed by atoms with Gasteiger partial charge in [0, 0.05) is 30.1 Å². The first-order chi connectivity index (χ1) is 26.9. The maximum Gasteiger partial charge on any atom is 0.407 e. The molecule has 0 spiro atoms. The number of nitrogens with zero attached hydrogens (tertiary/aromatic N) is 4. The number of likely N-dealkylation sites (tertiary alicyclic amines) is 2. The number of alkyl carbamates (subject to hydrolysis) is 1. The van der Waals surface area contributed by atoms with Gasteiger partial charge >= 0.3 is 6.09 Å². The van der Waals surface area contributed by atoms with E-state index in [9.17, 15) is 14.4 Å². The molecule has 0 radical (unpaired) electrons. The molecule has 3 amide bonds. The minimum Gasteiger partial charge on any atom is -0.488 e. The number of amides is 3. The molecule has 3 N–H and O–H groups in total. The highest BCUT2D eigenvalue weighted by atomic mass is 16.5. The van der Waals surface area contributed by atoms with Gasteiger partial charge in [-0.05, 0) is 98.7 Å². The number of aromatic nitrogens is 4. The zero-order valence-electron chi connectivity index (χ0n) is 33.1. The number of hydrogen-bond donors (Lipinski definition) is 3. The van der Waals surface area contributed by atoms with Crippen molar-refractivity contribution in [1.29, 1.82) is 0 Å². The standard InChI is InChI=1S/C43H51N7O6/c1-22(2)38(48-43(53)55-7)42(52)50-24(4)9-15-35(50)41-45-32-13-11-26-18-31-29-12-10-27(17-28(29)21-56-36(31)19-30(26)39(32)47-41)33-20-44-40(46-33)34-14-8-23(3)49(34)37(51)16-25(5)54-6/h10-13,17-20,22-25,34-35,38H,8-9,14-16,21H2,1-7H3,(H,44,46)(H,45,47)(H,48,53)/t23-,24-,25+,34-,35-,38-/m0/s1. The Morgan fingerprint density at radius 3 is 2.39 bits per heavy atom. The lowest BCUT2D eigenvalue weighted by Gasteiger charge is -2.32. The Labute approximate surface area is 326 Å². The van der Waals surface area contributed by atoms with Gasteiger partial charge in [0.05, 0.1) is 54.6 Å². The maximum atomic E-state index is 13.9. The summed E-state index contributed by atoms with van der Waals surface area (Å²) in [6.45, 7) is 10.3. The van der Waals surface area contributed by atoms with Crippen LogP contribution in [0.15, 0.2) is 48.7 Å². The Morgan fingerprint density at radius 1 is 0.911 bits per heavy atom. The molecule has 0 saturated carbocycles. The van der Waals surface area contributed by atoms with Crippen LogP contribution in [0.5, 0.6) is 5.75 Å². The molecule has 294 valence electrons. The van der Waals surface area contributed by atoms with Gasteiger partial charge < -0.3 is 39.3 Å². The Bertz CT molecular complexity index is 2310. The van der Waals surface area contributed by atoms with Crippen molar-refractivity contribution in [2.45, 2.75) is 110 Å². The minimum absolute atomic E-state index is 0.0122. The third-order valence-corrected chi connectivity index (χ3v) is 12.0. The molecule has 3 aliphatic rings. The number of carbonyl (C=O) groups is 3. The highest BCUT2D eigenvalue weighted by Crippen LogP contribution is 2.44. The molecule has 0 aliphatic carbocycles. The number of H-pyrrole nitrogens is 2. The average molecular weight is 762 g/mol. The molecular formula is C43H51N7O6. The molecular weight excluding hydrogens is 711 g/mol. The van der Waals surface area contributed by atoms with Crippen LogP contribution in [-0.2, 0) is 25.7 Å². The quantitative estimate of drug-likeness (QED) is 0.139. The predicted octanol–water partition coefficient (Wildman–Crippen LogP) is 7.58. The summed E-state index contributed by atoms with van der Waals surface area (Å²) in [5.74, 6) is 2.15. The topological polar surface area (TPSA) is 155 Å². The van der Waals surface area contributed by atoms with E-state index in [2.05, 4.69) is 58.6 Å². The van der Waals surface area contributed by atoms with E-state index < -0.39 is 12.1 Å². The summed E-state index contributed by atoms with van der Waals surface area (Å²) in [6, 6.07) is 13.9. The van der Waals surface area contributed by atoms with Crippen molar-refractivity contribution in [3.63, 3.8) is 0 Å². The fraction of sp³-hybridized carbons (Fsp3) is 0.465. The maximum absolute atomic E-state index is 13.9. The number of imidazole rings is 2. The molecule has 3 aromatic carbocycles. The highest BCUT2D eigenvalue weighted by molar-refractivity contribution is 6.07. The van der Waals surface area contributed by atoms with Crippen molar-refractivity contribution in [1.82, 2.24) is 35.1 Å². The van der Waals surface area contributed by atoms with Crippen molar-refractivity contribution in [2.75, 3.05) is 14.2 Å². The van der Waals surface area contributed by atoms with E-state index in [0.717, 1.165) is 92.8 Å². The summed E-state index contributed by atoms with van der Waals surface area (Å²) in [4.78, 5) is 60.1. The second kappa shape index (κ2) is 14.9. The molecule has 0 unspecified atom stereocenters. The smallest absolute Gasteiger partial charge is 0.407 e. The number of rotatable bonds is 9. The van der Waals surface area contributed by atoms with Gasteiger partial charge in [0.25, 0.3) is 0 Å². The van der Waals surface area contributed by atoms with Crippen LogP contribution in [0.1, 0.15) is 96.0 Å². The number of aromatic amines is 2. The number of hydrogen-bond acceptors (Lipinski definition) is 8. The second-order valence-corrected chi connectivity index (χ2v) is 16.0. The Balaban J connectivity index is 1.06. The molecule has 13 nitrogen and oxygen atoms in total. The number of nitrogens with one attached hydrogen (secondary N) is 3. The van der Waals surface area contributed by atoms with Gasteiger partial charge in [-0.2, -0.15) is 0 Å². The number of carbonyl (C=O) groups excluding carboxylic acids is 3. The Hall–Kier alpha value is -5.43. The molecule has 8 rings (SSSR count). The summed E-state index contributed by atoms with van der Waals surface area (Å²) in [5.41, 5.74) is 6.83. The van der Waals surface area contributed by atoms with Crippen LogP contribution in [0, 0.1) is 5.92 Å². The molecule has 2 fully saturated rings. The summed E-state index contributed by atoms with van der Waals surface area (Å²) < 4.78 is 16.6. The fourth-order valence-electron chi connectivity index (χ4n) is 8.87. The Morgan fingerprint density at radius 2 is 1.66 bits per heavy atom. The first kappa shape index (κ1) is 37.5. The zero-order chi connectivity index (χ0) is 39.4. The summed E-state index contributed by atoms with van der Waals surface area (Å²) >= 11 is 0. The lowest BCUT2D eigenvalue weighted by atomic mass is 9.92. The number of benzene rings is 3. The first-order valence-electron chi connectivity index (χ1n) is 19.7. The SMILES string of the molecule is COC(=O)N[C@H](C(=O)N1[C@@H](C)CC[C@H]1c1nc2c(ccc3cc4c(cc32)OCc2cc(-c3cnc([C@@H]5CC[C@H](C)N5C(=O)C[C@@H](C)OC)[nH]3)ccc2-4)[nH]1)C(C)C. The fourth-order valence-corrected chi connectivity index (χ4v) is 8.87. The normalized spacial score (nSPS) is 21.6. The number of fused-ring (bicyclic) bond motifs is 6. The molecule has 13 heteroatoms. The van der Waals surface area contributed by atoms with Crippen LogP contribution >= 0.6 is 0 Å². The van der Waals surface area contributed by atoms with E-state index in [-0.39, 0.29) is 48.0 Å². The highest BCUT2D eigenvalue weighted by Gasteiger charge is 2.41. The minimum atomic E-state index is -0.713.